The first-order valence-electron chi connectivity index (χ1n) is 6.41. The maximum absolute atomic E-state index is 13.5. The van der Waals surface area contributed by atoms with Crippen LogP contribution in [0.2, 0.25) is 5.02 Å². The largest absolute Gasteiger partial charge is 0.355 e. The molecule has 0 saturated heterocycles. The van der Waals surface area contributed by atoms with Gasteiger partial charge in [0.1, 0.15) is 5.82 Å². The van der Waals surface area contributed by atoms with Gasteiger partial charge in [-0.15, -0.1) is 0 Å². The van der Waals surface area contributed by atoms with E-state index in [0.29, 0.717) is 22.3 Å². The van der Waals surface area contributed by atoms with E-state index >= 15 is 0 Å². The Balaban J connectivity index is 1.87. The van der Waals surface area contributed by atoms with Gasteiger partial charge in [0.25, 0.3) is 0 Å². The van der Waals surface area contributed by atoms with Gasteiger partial charge in [0.15, 0.2) is 0 Å². The van der Waals surface area contributed by atoms with Crippen molar-refractivity contribution in [1.82, 2.24) is 5.32 Å². The Morgan fingerprint density at radius 2 is 2.26 bits per heavy atom. The summed E-state index contributed by atoms with van der Waals surface area (Å²) in [5.74, 6) is -0.138. The summed E-state index contributed by atoms with van der Waals surface area (Å²) in [6, 6.07) is 4.45. The lowest BCUT2D eigenvalue weighted by molar-refractivity contribution is -0.120. The van der Waals surface area contributed by atoms with Gasteiger partial charge < -0.3 is 5.32 Å². The van der Waals surface area contributed by atoms with E-state index < -0.39 is 5.82 Å². The van der Waals surface area contributed by atoms with Gasteiger partial charge in [-0.1, -0.05) is 40.0 Å². The summed E-state index contributed by atoms with van der Waals surface area (Å²) in [5, 5.41) is 3.16. The van der Waals surface area contributed by atoms with Gasteiger partial charge in [0.2, 0.25) is 5.91 Å². The fourth-order valence-corrected chi connectivity index (χ4v) is 3.40. The van der Waals surface area contributed by atoms with Gasteiger partial charge in [-0.05, 0) is 30.9 Å². The van der Waals surface area contributed by atoms with E-state index in [1.165, 1.54) is 18.6 Å². The second-order valence-electron chi connectivity index (χ2n) is 4.89. The maximum Gasteiger partial charge on any atom is 0.224 e. The number of rotatable bonds is 4. The lowest BCUT2D eigenvalue weighted by Gasteiger charge is -2.15. The van der Waals surface area contributed by atoms with Crippen molar-refractivity contribution in [3.8, 4) is 0 Å². The molecule has 5 heteroatoms. The highest BCUT2D eigenvalue weighted by Gasteiger charge is 2.25. The van der Waals surface area contributed by atoms with Crippen molar-refractivity contribution in [2.24, 2.45) is 5.92 Å². The van der Waals surface area contributed by atoms with Crippen LogP contribution in [-0.2, 0) is 11.2 Å². The zero-order chi connectivity index (χ0) is 13.8. The van der Waals surface area contributed by atoms with E-state index in [1.54, 1.807) is 6.07 Å². The molecule has 0 bridgehead atoms. The molecule has 1 aromatic carbocycles. The van der Waals surface area contributed by atoms with Gasteiger partial charge in [-0.3, -0.25) is 4.79 Å². The van der Waals surface area contributed by atoms with Gasteiger partial charge in [0, 0.05) is 22.0 Å². The highest BCUT2D eigenvalue weighted by molar-refractivity contribution is 9.09. The molecule has 2 atom stereocenters. The Bertz CT molecular complexity index is 449. The molecule has 0 spiro atoms. The SMILES string of the molecule is O=C(Cc1c(F)cccc1Cl)NCC1CCCC1Br. The zero-order valence-corrected chi connectivity index (χ0v) is 12.8. The number of benzene rings is 1. The van der Waals surface area contributed by atoms with Crippen LogP contribution in [0.4, 0.5) is 4.39 Å². The minimum atomic E-state index is -0.429. The maximum atomic E-state index is 13.5. The molecule has 19 heavy (non-hydrogen) atoms. The van der Waals surface area contributed by atoms with Crippen LogP contribution in [0.15, 0.2) is 18.2 Å². The number of alkyl halides is 1. The van der Waals surface area contributed by atoms with E-state index in [0.717, 1.165) is 12.8 Å². The summed E-state index contributed by atoms with van der Waals surface area (Å²) < 4.78 is 13.5. The molecule has 2 nitrogen and oxygen atoms in total. The monoisotopic (exact) mass is 347 g/mol. The molecule has 1 aliphatic rings. The second-order valence-corrected chi connectivity index (χ2v) is 6.47. The minimum absolute atomic E-state index is 0.00875. The van der Waals surface area contributed by atoms with Gasteiger partial charge in [-0.2, -0.15) is 0 Å². The average Bonchev–Trinajstić information content (AvgIpc) is 2.77. The Hall–Kier alpha value is -0.610. The van der Waals surface area contributed by atoms with Crippen molar-refractivity contribution in [2.75, 3.05) is 6.54 Å². The molecular weight excluding hydrogens is 333 g/mol. The van der Waals surface area contributed by atoms with Crippen molar-refractivity contribution in [3.63, 3.8) is 0 Å². The van der Waals surface area contributed by atoms with Crippen LogP contribution in [0.5, 0.6) is 0 Å². The fourth-order valence-electron chi connectivity index (χ4n) is 2.39. The summed E-state index contributed by atoms with van der Waals surface area (Å²) in [6.07, 6.45) is 3.46. The Kier molecular flexibility index (Phi) is 5.22. The predicted molar refractivity (Wildman–Crippen MR) is 78.2 cm³/mol. The molecule has 0 aromatic heterocycles. The van der Waals surface area contributed by atoms with Crippen LogP contribution in [0.1, 0.15) is 24.8 Å². The lowest BCUT2D eigenvalue weighted by Crippen LogP contribution is -2.32. The van der Waals surface area contributed by atoms with Crippen molar-refractivity contribution >= 4 is 33.4 Å². The Morgan fingerprint density at radius 3 is 2.89 bits per heavy atom. The highest BCUT2D eigenvalue weighted by atomic mass is 79.9. The molecule has 104 valence electrons. The lowest BCUT2D eigenvalue weighted by atomic mass is 10.1. The average molecular weight is 349 g/mol. The number of carbonyl (C=O) groups is 1. The van der Waals surface area contributed by atoms with Crippen LogP contribution in [-0.4, -0.2) is 17.3 Å². The van der Waals surface area contributed by atoms with Crippen molar-refractivity contribution in [3.05, 3.63) is 34.6 Å². The van der Waals surface area contributed by atoms with Crippen molar-refractivity contribution in [2.45, 2.75) is 30.5 Å². The molecule has 0 radical (unpaired) electrons. The van der Waals surface area contributed by atoms with E-state index in [2.05, 4.69) is 21.2 Å². The third kappa shape index (κ3) is 3.93. The number of hydrogen-bond donors (Lipinski definition) is 1. The summed E-state index contributed by atoms with van der Waals surface area (Å²) in [4.78, 5) is 12.3. The molecule has 1 aliphatic carbocycles. The molecule has 2 rings (SSSR count). The molecule has 1 amide bonds. The van der Waals surface area contributed by atoms with Crippen molar-refractivity contribution < 1.29 is 9.18 Å². The van der Waals surface area contributed by atoms with Gasteiger partial charge in [0.05, 0.1) is 6.42 Å². The number of carbonyl (C=O) groups excluding carboxylic acids is 1. The van der Waals surface area contributed by atoms with Crippen LogP contribution < -0.4 is 5.32 Å². The van der Waals surface area contributed by atoms with Crippen LogP contribution in [0.3, 0.4) is 0 Å². The van der Waals surface area contributed by atoms with Gasteiger partial charge >= 0.3 is 0 Å². The zero-order valence-electron chi connectivity index (χ0n) is 10.5. The van der Waals surface area contributed by atoms with E-state index in [9.17, 15) is 9.18 Å². The summed E-state index contributed by atoms with van der Waals surface area (Å²) >= 11 is 9.51. The normalized spacial score (nSPS) is 22.5. The van der Waals surface area contributed by atoms with Gasteiger partial charge in [-0.25, -0.2) is 4.39 Å². The highest BCUT2D eigenvalue weighted by Crippen LogP contribution is 2.30. The van der Waals surface area contributed by atoms with E-state index in [4.69, 9.17) is 11.6 Å². The molecular formula is C14H16BrClFNO. The summed E-state index contributed by atoms with van der Waals surface area (Å²) in [6.45, 7) is 0.640. The number of nitrogens with one attached hydrogen (secondary N) is 1. The first-order chi connectivity index (χ1) is 9.08. The molecule has 1 fully saturated rings. The number of amides is 1. The number of halogens is 3. The fraction of sp³-hybridized carbons (Fsp3) is 0.500. The quantitative estimate of drug-likeness (QED) is 0.826. The van der Waals surface area contributed by atoms with Crippen LogP contribution >= 0.6 is 27.5 Å². The van der Waals surface area contributed by atoms with E-state index in [1.807, 2.05) is 0 Å². The molecule has 2 unspecified atom stereocenters. The standard InChI is InChI=1S/C14H16BrClFNO/c15-11-4-1-3-9(11)8-18-14(19)7-10-12(16)5-2-6-13(10)17/h2,5-6,9,11H,1,3-4,7-8H2,(H,18,19). The predicted octanol–water partition coefficient (Wildman–Crippen LogP) is 3.70. The Labute approximate surface area is 125 Å². The van der Waals surface area contributed by atoms with Crippen LogP contribution in [0, 0.1) is 11.7 Å². The van der Waals surface area contributed by atoms with Crippen molar-refractivity contribution in [1.29, 1.82) is 0 Å². The molecule has 1 N–H and O–H groups in total. The van der Waals surface area contributed by atoms with Crippen LogP contribution in [0.25, 0.3) is 0 Å². The molecule has 0 aliphatic heterocycles. The first-order valence-corrected chi connectivity index (χ1v) is 7.71. The van der Waals surface area contributed by atoms with E-state index in [-0.39, 0.29) is 17.9 Å². The first kappa shape index (κ1) is 14.8. The number of hydrogen-bond acceptors (Lipinski definition) is 1. The molecule has 1 saturated carbocycles. The minimum Gasteiger partial charge on any atom is -0.355 e. The topological polar surface area (TPSA) is 29.1 Å². The molecule has 1 aromatic rings. The Morgan fingerprint density at radius 1 is 1.47 bits per heavy atom. The smallest absolute Gasteiger partial charge is 0.224 e. The second kappa shape index (κ2) is 6.71. The third-order valence-corrected chi connectivity index (χ3v) is 5.09. The summed E-state index contributed by atoms with van der Waals surface area (Å²) in [5.41, 5.74) is 0.267. The molecule has 0 heterocycles. The summed E-state index contributed by atoms with van der Waals surface area (Å²) in [7, 11) is 0. The third-order valence-electron chi connectivity index (χ3n) is 3.53.